The third-order valence-corrected chi connectivity index (χ3v) is 3.99. The maximum absolute atomic E-state index is 12.1. The molecule has 0 fully saturated rings. The van der Waals surface area contributed by atoms with Crippen molar-refractivity contribution in [2.45, 2.75) is 33.1 Å². The second-order valence-electron chi connectivity index (χ2n) is 6.13. The molecule has 0 heterocycles. The van der Waals surface area contributed by atoms with Gasteiger partial charge in [0, 0.05) is 36.2 Å². The average molecular weight is 352 g/mol. The highest BCUT2D eigenvalue weighted by molar-refractivity contribution is 5.98. The minimum atomic E-state index is -0.209. The third kappa shape index (κ3) is 5.84. The number of carbonyl (C=O) groups is 3. The molecule has 2 amide bonds. The molecule has 0 aliphatic rings. The van der Waals surface area contributed by atoms with Gasteiger partial charge in [-0.25, -0.2) is 0 Å². The van der Waals surface area contributed by atoms with E-state index in [2.05, 4.69) is 10.6 Å². The Morgan fingerprint density at radius 3 is 2.12 bits per heavy atom. The molecular weight excluding hydrogens is 328 g/mol. The van der Waals surface area contributed by atoms with E-state index in [1.807, 2.05) is 31.2 Å². The van der Waals surface area contributed by atoms with Crippen molar-refractivity contribution in [3.8, 4) is 0 Å². The van der Waals surface area contributed by atoms with E-state index in [1.54, 1.807) is 31.2 Å². The van der Waals surface area contributed by atoms with Gasteiger partial charge in [-0.1, -0.05) is 36.8 Å². The summed E-state index contributed by atoms with van der Waals surface area (Å²) in [6.07, 6.45) is 1.32. The summed E-state index contributed by atoms with van der Waals surface area (Å²) in [5.41, 5.74) is 3.02. The predicted molar refractivity (Wildman–Crippen MR) is 102 cm³/mol. The second kappa shape index (κ2) is 9.51. The van der Waals surface area contributed by atoms with Crippen molar-refractivity contribution in [1.29, 1.82) is 0 Å². The molecular formula is C21H24N2O3. The normalized spacial score (nSPS) is 10.2. The van der Waals surface area contributed by atoms with Gasteiger partial charge in [-0.15, -0.1) is 0 Å². The fraction of sp³-hybridized carbons (Fsp3) is 0.286. The molecule has 0 radical (unpaired) electrons. The van der Waals surface area contributed by atoms with E-state index in [9.17, 15) is 14.4 Å². The van der Waals surface area contributed by atoms with Crippen LogP contribution < -0.4 is 10.6 Å². The molecule has 2 rings (SSSR count). The van der Waals surface area contributed by atoms with Gasteiger partial charge < -0.3 is 10.6 Å². The number of amides is 2. The van der Waals surface area contributed by atoms with Crippen molar-refractivity contribution < 1.29 is 14.4 Å². The van der Waals surface area contributed by atoms with E-state index in [0.29, 0.717) is 36.9 Å². The highest BCUT2D eigenvalue weighted by Gasteiger charge is 2.08. The fourth-order valence-electron chi connectivity index (χ4n) is 2.42. The SMILES string of the molecule is CCC(=O)c1ccc(C(=O)NCCCC(=O)Nc2ccc(C)cc2)cc1. The lowest BCUT2D eigenvalue weighted by atomic mass is 10.1. The molecule has 26 heavy (non-hydrogen) atoms. The van der Waals surface area contributed by atoms with Crippen LogP contribution in [0.15, 0.2) is 48.5 Å². The fourth-order valence-corrected chi connectivity index (χ4v) is 2.42. The van der Waals surface area contributed by atoms with Gasteiger partial charge in [0.25, 0.3) is 5.91 Å². The number of Topliss-reactive ketones (excluding diaryl/α,β-unsaturated/α-hetero) is 1. The van der Waals surface area contributed by atoms with Crippen LogP contribution in [0.1, 0.15) is 52.5 Å². The monoisotopic (exact) mass is 352 g/mol. The molecule has 0 aliphatic carbocycles. The number of hydrogen-bond acceptors (Lipinski definition) is 3. The molecule has 0 saturated heterocycles. The molecule has 0 bridgehead atoms. The lowest BCUT2D eigenvalue weighted by Crippen LogP contribution is -2.25. The number of nitrogens with one attached hydrogen (secondary N) is 2. The zero-order valence-corrected chi connectivity index (χ0v) is 15.2. The van der Waals surface area contributed by atoms with Crippen molar-refractivity contribution in [2.75, 3.05) is 11.9 Å². The van der Waals surface area contributed by atoms with Crippen LogP contribution in [-0.2, 0) is 4.79 Å². The third-order valence-electron chi connectivity index (χ3n) is 3.99. The van der Waals surface area contributed by atoms with Crippen LogP contribution >= 0.6 is 0 Å². The molecule has 0 aromatic heterocycles. The first-order valence-corrected chi connectivity index (χ1v) is 8.77. The Morgan fingerprint density at radius 1 is 0.885 bits per heavy atom. The lowest BCUT2D eigenvalue weighted by molar-refractivity contribution is -0.116. The first kappa shape index (κ1) is 19.4. The van der Waals surface area contributed by atoms with Gasteiger partial charge >= 0.3 is 0 Å². The first-order valence-electron chi connectivity index (χ1n) is 8.77. The Balaban J connectivity index is 1.71. The number of benzene rings is 2. The standard InChI is InChI=1S/C21H24N2O3/c1-3-19(24)16-8-10-17(11-9-16)21(26)22-14-4-5-20(25)23-18-12-6-15(2)7-13-18/h6-13H,3-5,14H2,1-2H3,(H,22,26)(H,23,25). The van der Waals surface area contributed by atoms with E-state index in [1.165, 1.54) is 0 Å². The largest absolute Gasteiger partial charge is 0.352 e. The molecule has 5 heteroatoms. The van der Waals surface area contributed by atoms with Crippen molar-refractivity contribution >= 4 is 23.3 Å². The van der Waals surface area contributed by atoms with Crippen molar-refractivity contribution in [3.05, 3.63) is 65.2 Å². The molecule has 5 nitrogen and oxygen atoms in total. The maximum Gasteiger partial charge on any atom is 0.251 e. The number of aryl methyl sites for hydroxylation is 1. The molecule has 2 aromatic rings. The van der Waals surface area contributed by atoms with Gasteiger partial charge in [0.1, 0.15) is 0 Å². The highest BCUT2D eigenvalue weighted by Crippen LogP contribution is 2.09. The highest BCUT2D eigenvalue weighted by atomic mass is 16.2. The molecule has 0 atom stereocenters. The summed E-state index contributed by atoms with van der Waals surface area (Å²) in [6.45, 7) is 4.21. The number of anilines is 1. The van der Waals surface area contributed by atoms with Crippen LogP contribution in [0.2, 0.25) is 0 Å². The number of rotatable bonds is 8. The van der Waals surface area contributed by atoms with Crippen molar-refractivity contribution in [3.63, 3.8) is 0 Å². The minimum Gasteiger partial charge on any atom is -0.352 e. The van der Waals surface area contributed by atoms with Crippen molar-refractivity contribution in [1.82, 2.24) is 5.32 Å². The van der Waals surface area contributed by atoms with E-state index >= 15 is 0 Å². The van der Waals surface area contributed by atoms with E-state index in [0.717, 1.165) is 11.3 Å². The van der Waals surface area contributed by atoms with E-state index < -0.39 is 0 Å². The quantitative estimate of drug-likeness (QED) is 0.561. The zero-order valence-electron chi connectivity index (χ0n) is 15.2. The van der Waals surface area contributed by atoms with Gasteiger partial charge in [0.2, 0.25) is 5.91 Å². The summed E-state index contributed by atoms with van der Waals surface area (Å²) in [4.78, 5) is 35.5. The maximum atomic E-state index is 12.1. The Kier molecular flexibility index (Phi) is 7.09. The van der Waals surface area contributed by atoms with Crippen LogP contribution in [-0.4, -0.2) is 24.1 Å². The van der Waals surface area contributed by atoms with Gasteiger partial charge in [0.05, 0.1) is 0 Å². The summed E-state index contributed by atoms with van der Waals surface area (Å²) in [5, 5.41) is 5.61. The van der Waals surface area contributed by atoms with Crippen molar-refractivity contribution in [2.24, 2.45) is 0 Å². The Bertz CT molecular complexity index is 765. The van der Waals surface area contributed by atoms with Crippen LogP contribution in [0.4, 0.5) is 5.69 Å². The predicted octanol–water partition coefficient (Wildman–Crippen LogP) is 3.74. The molecule has 2 aromatic carbocycles. The summed E-state index contributed by atoms with van der Waals surface area (Å²) in [6, 6.07) is 14.2. The van der Waals surface area contributed by atoms with E-state index in [4.69, 9.17) is 0 Å². The lowest BCUT2D eigenvalue weighted by Gasteiger charge is -2.07. The summed E-state index contributed by atoms with van der Waals surface area (Å²) >= 11 is 0. The molecule has 0 spiro atoms. The Morgan fingerprint density at radius 2 is 1.50 bits per heavy atom. The van der Waals surface area contributed by atoms with Crippen LogP contribution in [0.25, 0.3) is 0 Å². The Labute approximate surface area is 153 Å². The number of ketones is 1. The van der Waals surface area contributed by atoms with Crippen LogP contribution in [0.3, 0.4) is 0 Å². The molecule has 0 saturated carbocycles. The van der Waals surface area contributed by atoms with Crippen LogP contribution in [0, 0.1) is 6.92 Å². The molecule has 0 aliphatic heterocycles. The molecule has 0 unspecified atom stereocenters. The number of carbonyl (C=O) groups excluding carboxylic acids is 3. The topological polar surface area (TPSA) is 75.3 Å². The summed E-state index contributed by atoms with van der Waals surface area (Å²) < 4.78 is 0. The van der Waals surface area contributed by atoms with Gasteiger partial charge in [-0.2, -0.15) is 0 Å². The van der Waals surface area contributed by atoms with Gasteiger partial charge in [-0.3, -0.25) is 14.4 Å². The summed E-state index contributed by atoms with van der Waals surface area (Å²) in [5.74, 6) is -0.235. The molecule has 136 valence electrons. The summed E-state index contributed by atoms with van der Waals surface area (Å²) in [7, 11) is 0. The zero-order chi connectivity index (χ0) is 18.9. The van der Waals surface area contributed by atoms with Gasteiger partial charge in [0.15, 0.2) is 5.78 Å². The van der Waals surface area contributed by atoms with E-state index in [-0.39, 0.29) is 17.6 Å². The smallest absolute Gasteiger partial charge is 0.251 e. The first-order chi connectivity index (χ1) is 12.5. The van der Waals surface area contributed by atoms with Crippen LogP contribution in [0.5, 0.6) is 0 Å². The molecule has 2 N–H and O–H groups in total. The minimum absolute atomic E-state index is 0.0524. The van der Waals surface area contributed by atoms with Gasteiger partial charge in [-0.05, 0) is 37.6 Å². The Hall–Kier alpha value is -2.95. The number of hydrogen-bond donors (Lipinski definition) is 2. The second-order valence-corrected chi connectivity index (χ2v) is 6.13. The average Bonchev–Trinajstić information content (AvgIpc) is 2.66.